The third-order valence-corrected chi connectivity index (χ3v) is 8.13. The molecule has 2 heterocycles. The molecule has 0 radical (unpaired) electrons. The van der Waals surface area contributed by atoms with E-state index in [1.165, 1.54) is 21.3 Å². The molecule has 11 heteroatoms. The smallest absolute Gasteiger partial charge is 0.325 e. The molecule has 2 aliphatic rings. The summed E-state index contributed by atoms with van der Waals surface area (Å²) in [4.78, 5) is 40.9. The van der Waals surface area contributed by atoms with E-state index in [9.17, 15) is 22.8 Å². The number of piperazine rings is 1. The summed E-state index contributed by atoms with van der Waals surface area (Å²) >= 11 is 5.91. The lowest BCUT2D eigenvalue weighted by atomic mass is 9.92. The van der Waals surface area contributed by atoms with Gasteiger partial charge in [0.05, 0.1) is 4.90 Å². The molecule has 174 valence electrons. The van der Waals surface area contributed by atoms with Crippen molar-refractivity contribution < 1.29 is 22.8 Å². The number of urea groups is 1. The molecule has 4 rings (SSSR count). The molecule has 1 N–H and O–H groups in total. The van der Waals surface area contributed by atoms with E-state index in [0.717, 1.165) is 4.90 Å². The minimum atomic E-state index is -3.64. The average Bonchev–Trinajstić information content (AvgIpc) is 3.03. The molecule has 4 amide bonds. The van der Waals surface area contributed by atoms with Crippen LogP contribution in [0, 0.1) is 0 Å². The van der Waals surface area contributed by atoms with Gasteiger partial charge in [-0.1, -0.05) is 41.9 Å². The van der Waals surface area contributed by atoms with Gasteiger partial charge in [0, 0.05) is 31.2 Å². The van der Waals surface area contributed by atoms with Crippen molar-refractivity contribution in [3.05, 3.63) is 65.2 Å². The van der Waals surface area contributed by atoms with Gasteiger partial charge in [-0.2, -0.15) is 4.31 Å². The maximum absolute atomic E-state index is 13.0. The largest absolute Gasteiger partial charge is 0.338 e. The van der Waals surface area contributed by atoms with Crippen LogP contribution in [-0.2, 0) is 25.2 Å². The highest BCUT2D eigenvalue weighted by Gasteiger charge is 2.49. The Bertz CT molecular complexity index is 1180. The molecule has 2 aromatic carbocycles. The summed E-state index contributed by atoms with van der Waals surface area (Å²) in [5, 5.41) is 3.15. The highest BCUT2D eigenvalue weighted by atomic mass is 35.5. The standard InChI is InChI=1S/C22H23ClN4O5S/c1-22(16-7-9-17(23)10-8-16)20(29)27(21(30)24-22)15-19(28)25-11-13-26(14-12-25)33(31,32)18-5-3-2-4-6-18/h2-10H,11-15H2,1H3,(H,24,30)/t22-/m0/s1. The number of carbonyl (C=O) groups excluding carboxylic acids is 3. The first kappa shape index (κ1) is 23.2. The number of nitrogens with zero attached hydrogens (tertiary/aromatic N) is 3. The molecule has 0 spiro atoms. The van der Waals surface area contributed by atoms with Gasteiger partial charge < -0.3 is 10.2 Å². The minimum absolute atomic E-state index is 0.131. The van der Waals surface area contributed by atoms with Gasteiger partial charge in [-0.05, 0) is 36.8 Å². The van der Waals surface area contributed by atoms with Gasteiger partial charge in [0.1, 0.15) is 12.1 Å². The van der Waals surface area contributed by atoms with Crippen molar-refractivity contribution in [2.24, 2.45) is 0 Å². The number of benzene rings is 2. The molecule has 2 fully saturated rings. The van der Waals surface area contributed by atoms with Crippen LogP contribution >= 0.6 is 11.6 Å². The van der Waals surface area contributed by atoms with Crippen molar-refractivity contribution in [1.29, 1.82) is 0 Å². The number of imide groups is 1. The topological polar surface area (TPSA) is 107 Å². The molecule has 0 aromatic heterocycles. The second kappa shape index (κ2) is 8.77. The van der Waals surface area contributed by atoms with E-state index in [-0.39, 0.29) is 31.1 Å². The number of sulfonamides is 1. The molecule has 9 nitrogen and oxygen atoms in total. The predicted octanol–water partition coefficient (Wildman–Crippen LogP) is 1.64. The number of hydrogen-bond acceptors (Lipinski definition) is 5. The molecule has 0 bridgehead atoms. The molecule has 2 saturated heterocycles. The third-order valence-electron chi connectivity index (χ3n) is 5.96. The monoisotopic (exact) mass is 490 g/mol. The van der Waals surface area contributed by atoms with Crippen molar-refractivity contribution in [3.8, 4) is 0 Å². The SMILES string of the molecule is C[C@@]1(c2ccc(Cl)cc2)NC(=O)N(CC(=O)N2CCN(S(=O)(=O)c3ccccc3)CC2)C1=O. The predicted molar refractivity (Wildman–Crippen MR) is 121 cm³/mol. The van der Waals surface area contributed by atoms with E-state index in [2.05, 4.69) is 5.32 Å². The first-order chi connectivity index (χ1) is 15.6. The summed E-state index contributed by atoms with van der Waals surface area (Å²) in [5.74, 6) is -0.955. The Balaban J connectivity index is 1.40. The van der Waals surface area contributed by atoms with Gasteiger partial charge in [0.15, 0.2) is 0 Å². The van der Waals surface area contributed by atoms with Gasteiger partial charge >= 0.3 is 6.03 Å². The van der Waals surface area contributed by atoms with Gasteiger partial charge in [0.2, 0.25) is 15.9 Å². The fourth-order valence-corrected chi connectivity index (χ4v) is 5.54. The van der Waals surface area contributed by atoms with Crippen LogP contribution in [0.1, 0.15) is 12.5 Å². The molecule has 0 unspecified atom stereocenters. The molecule has 2 aliphatic heterocycles. The fraction of sp³-hybridized carbons (Fsp3) is 0.318. The normalized spacial score (nSPS) is 21.9. The highest BCUT2D eigenvalue weighted by Crippen LogP contribution is 2.29. The Morgan fingerprint density at radius 2 is 1.61 bits per heavy atom. The van der Waals surface area contributed by atoms with E-state index in [0.29, 0.717) is 10.6 Å². The maximum Gasteiger partial charge on any atom is 0.325 e. The van der Waals surface area contributed by atoms with Crippen LogP contribution in [0.2, 0.25) is 5.02 Å². The number of hydrogen-bond donors (Lipinski definition) is 1. The van der Waals surface area contributed by atoms with E-state index in [4.69, 9.17) is 11.6 Å². The second-order valence-electron chi connectivity index (χ2n) is 8.05. The molecular weight excluding hydrogens is 468 g/mol. The van der Waals surface area contributed by atoms with Crippen LogP contribution in [0.15, 0.2) is 59.5 Å². The van der Waals surface area contributed by atoms with E-state index < -0.39 is 40.0 Å². The molecular formula is C22H23ClN4O5S. The summed E-state index contributed by atoms with van der Waals surface area (Å²) < 4.78 is 26.9. The first-order valence-corrected chi connectivity index (χ1v) is 12.2. The number of halogens is 1. The van der Waals surface area contributed by atoms with Crippen molar-refractivity contribution in [3.63, 3.8) is 0 Å². The Morgan fingerprint density at radius 1 is 1.00 bits per heavy atom. The Kier molecular flexibility index (Phi) is 6.17. The minimum Gasteiger partial charge on any atom is -0.338 e. The summed E-state index contributed by atoms with van der Waals surface area (Å²) in [6.07, 6.45) is 0. The van der Waals surface area contributed by atoms with Gasteiger partial charge in [-0.25, -0.2) is 13.2 Å². The van der Waals surface area contributed by atoms with Crippen molar-refractivity contribution in [2.45, 2.75) is 17.4 Å². The summed E-state index contributed by atoms with van der Waals surface area (Å²) in [7, 11) is -3.64. The zero-order valence-corrected chi connectivity index (χ0v) is 19.5. The first-order valence-electron chi connectivity index (χ1n) is 10.4. The zero-order chi connectivity index (χ0) is 23.8. The molecule has 33 heavy (non-hydrogen) atoms. The van der Waals surface area contributed by atoms with E-state index in [1.54, 1.807) is 49.4 Å². The Hall–Kier alpha value is -2.95. The molecule has 0 aliphatic carbocycles. The van der Waals surface area contributed by atoms with Gasteiger partial charge in [-0.15, -0.1) is 0 Å². The van der Waals surface area contributed by atoms with Crippen molar-refractivity contribution in [1.82, 2.24) is 19.4 Å². The lowest BCUT2D eigenvalue weighted by Gasteiger charge is -2.34. The van der Waals surface area contributed by atoms with Crippen LogP contribution in [0.25, 0.3) is 0 Å². The Morgan fingerprint density at radius 3 is 2.21 bits per heavy atom. The van der Waals surface area contributed by atoms with Crippen molar-refractivity contribution >= 4 is 39.5 Å². The average molecular weight is 491 g/mol. The number of nitrogens with one attached hydrogen (secondary N) is 1. The van der Waals surface area contributed by atoms with E-state index >= 15 is 0 Å². The van der Waals surface area contributed by atoms with Crippen molar-refractivity contribution in [2.75, 3.05) is 32.7 Å². The number of carbonyl (C=O) groups is 3. The number of rotatable bonds is 5. The maximum atomic E-state index is 13.0. The molecule has 0 saturated carbocycles. The van der Waals surface area contributed by atoms with Gasteiger partial charge in [0.25, 0.3) is 5.91 Å². The molecule has 2 aromatic rings. The quantitative estimate of drug-likeness (QED) is 0.641. The summed E-state index contributed by atoms with van der Waals surface area (Å²) in [5.41, 5.74) is -0.746. The van der Waals surface area contributed by atoms with Crippen LogP contribution < -0.4 is 5.32 Å². The van der Waals surface area contributed by atoms with Crippen LogP contribution in [0.4, 0.5) is 4.79 Å². The number of amides is 4. The Labute approximate surface area is 197 Å². The lowest BCUT2D eigenvalue weighted by molar-refractivity contribution is -0.139. The lowest BCUT2D eigenvalue weighted by Crippen LogP contribution is -2.53. The van der Waals surface area contributed by atoms with Crippen LogP contribution in [-0.4, -0.2) is 73.1 Å². The summed E-state index contributed by atoms with van der Waals surface area (Å²) in [6.45, 7) is 1.76. The van der Waals surface area contributed by atoms with Gasteiger partial charge in [-0.3, -0.25) is 14.5 Å². The van der Waals surface area contributed by atoms with E-state index in [1.807, 2.05) is 0 Å². The zero-order valence-electron chi connectivity index (χ0n) is 17.9. The summed E-state index contributed by atoms with van der Waals surface area (Å²) in [6, 6.07) is 14.0. The second-order valence-corrected chi connectivity index (χ2v) is 10.4. The van der Waals surface area contributed by atoms with Crippen LogP contribution in [0.5, 0.6) is 0 Å². The third kappa shape index (κ3) is 4.33. The fourth-order valence-electron chi connectivity index (χ4n) is 3.97. The highest BCUT2D eigenvalue weighted by molar-refractivity contribution is 7.89. The molecule has 1 atom stereocenters. The van der Waals surface area contributed by atoms with Crippen LogP contribution in [0.3, 0.4) is 0 Å².